The van der Waals surface area contributed by atoms with Crippen LogP contribution in [0.4, 0.5) is 5.13 Å². The van der Waals surface area contributed by atoms with Gasteiger partial charge in [-0.25, -0.2) is 4.98 Å². The van der Waals surface area contributed by atoms with Gasteiger partial charge in [-0.3, -0.25) is 0 Å². The fraction of sp³-hybridized carbons (Fsp3) is 0.818. The number of aliphatic hydroxyl groups is 1. The maximum absolute atomic E-state index is 9.22. The van der Waals surface area contributed by atoms with Gasteiger partial charge in [-0.2, -0.15) is 4.37 Å². The molecule has 1 unspecified atom stereocenters. The summed E-state index contributed by atoms with van der Waals surface area (Å²) >= 11 is 1.42. The molecule has 1 aromatic rings. The Hall–Kier alpha value is -0.680. The molecule has 92 valence electrons. The lowest BCUT2D eigenvalue weighted by molar-refractivity contribution is 0.187. The van der Waals surface area contributed by atoms with E-state index in [4.69, 9.17) is 0 Å². The van der Waals surface area contributed by atoms with Crippen LogP contribution in [0, 0.1) is 0 Å². The Morgan fingerprint density at radius 3 is 2.50 bits per heavy atom. The van der Waals surface area contributed by atoms with Gasteiger partial charge >= 0.3 is 0 Å². The monoisotopic (exact) mass is 243 g/mol. The van der Waals surface area contributed by atoms with E-state index in [0.717, 1.165) is 23.9 Å². The Kier molecular flexibility index (Phi) is 4.27. The third-order valence-electron chi connectivity index (χ3n) is 2.29. The first kappa shape index (κ1) is 13.4. The van der Waals surface area contributed by atoms with E-state index in [1.54, 1.807) is 6.92 Å². The van der Waals surface area contributed by atoms with Gasteiger partial charge in [0.05, 0.1) is 6.10 Å². The van der Waals surface area contributed by atoms with E-state index in [0.29, 0.717) is 0 Å². The van der Waals surface area contributed by atoms with E-state index in [2.05, 4.69) is 30.1 Å². The predicted molar refractivity (Wildman–Crippen MR) is 68.2 cm³/mol. The molecule has 4 nitrogen and oxygen atoms in total. The van der Waals surface area contributed by atoms with E-state index in [-0.39, 0.29) is 11.5 Å². The van der Waals surface area contributed by atoms with Gasteiger partial charge in [0.2, 0.25) is 5.13 Å². The van der Waals surface area contributed by atoms with Crippen LogP contribution < -0.4 is 4.90 Å². The molecule has 1 aromatic heterocycles. The van der Waals surface area contributed by atoms with Crippen LogP contribution in [0.5, 0.6) is 0 Å². The molecule has 0 saturated carbocycles. The molecule has 1 rings (SSSR count). The Morgan fingerprint density at radius 1 is 1.44 bits per heavy atom. The average molecular weight is 243 g/mol. The summed E-state index contributed by atoms with van der Waals surface area (Å²) in [6, 6.07) is 0. The molecule has 1 heterocycles. The molecule has 0 amide bonds. The van der Waals surface area contributed by atoms with Crippen LogP contribution in [0.1, 0.15) is 39.9 Å². The zero-order valence-electron chi connectivity index (χ0n) is 10.7. The SMILES string of the molecule is CC(O)CCN(C)c1nc(C(C)(C)C)ns1. The third kappa shape index (κ3) is 3.72. The average Bonchev–Trinajstić information content (AvgIpc) is 2.61. The van der Waals surface area contributed by atoms with Crippen molar-refractivity contribution in [2.24, 2.45) is 0 Å². The molecule has 0 radical (unpaired) electrons. The molecule has 0 spiro atoms. The van der Waals surface area contributed by atoms with Crippen LogP contribution in [0.3, 0.4) is 0 Å². The van der Waals surface area contributed by atoms with Gasteiger partial charge in [0.15, 0.2) is 0 Å². The van der Waals surface area contributed by atoms with Gasteiger partial charge in [0, 0.05) is 30.5 Å². The van der Waals surface area contributed by atoms with Crippen molar-refractivity contribution in [3.05, 3.63) is 5.82 Å². The number of hydrogen-bond donors (Lipinski definition) is 1. The summed E-state index contributed by atoms with van der Waals surface area (Å²) in [6.07, 6.45) is 0.485. The number of nitrogens with zero attached hydrogens (tertiary/aromatic N) is 3. The van der Waals surface area contributed by atoms with Crippen LogP contribution in [-0.2, 0) is 5.41 Å². The molecule has 16 heavy (non-hydrogen) atoms. The van der Waals surface area contributed by atoms with Crippen molar-refractivity contribution in [3.8, 4) is 0 Å². The molecule has 1 N–H and O–H groups in total. The fourth-order valence-corrected chi connectivity index (χ4v) is 1.99. The standard InChI is InChI=1S/C11H21N3OS/c1-8(15)6-7-14(5)10-12-9(13-16-10)11(2,3)4/h8,15H,6-7H2,1-5H3. The van der Waals surface area contributed by atoms with Crippen molar-refractivity contribution in [2.75, 3.05) is 18.5 Å². The summed E-state index contributed by atoms with van der Waals surface area (Å²) in [5.41, 5.74) is -0.000139. The summed E-state index contributed by atoms with van der Waals surface area (Å²) in [5, 5.41) is 10.1. The zero-order chi connectivity index (χ0) is 12.3. The molecule has 0 bridgehead atoms. The summed E-state index contributed by atoms with van der Waals surface area (Å²) < 4.78 is 4.36. The molecule has 1 atom stereocenters. The van der Waals surface area contributed by atoms with Crippen LogP contribution in [0.15, 0.2) is 0 Å². The second-order valence-corrected chi connectivity index (χ2v) is 5.94. The predicted octanol–water partition coefficient (Wildman–Crippen LogP) is 2.04. The number of anilines is 1. The van der Waals surface area contributed by atoms with Gasteiger partial charge in [0.25, 0.3) is 0 Å². The highest BCUT2D eigenvalue weighted by atomic mass is 32.1. The van der Waals surface area contributed by atoms with E-state index >= 15 is 0 Å². The van der Waals surface area contributed by atoms with Crippen LogP contribution >= 0.6 is 11.5 Å². The summed E-state index contributed by atoms with van der Waals surface area (Å²) in [4.78, 5) is 6.55. The number of aromatic nitrogens is 2. The highest BCUT2D eigenvalue weighted by Crippen LogP contribution is 2.24. The third-order valence-corrected chi connectivity index (χ3v) is 3.13. The first-order valence-electron chi connectivity index (χ1n) is 5.54. The molecule has 5 heteroatoms. The zero-order valence-corrected chi connectivity index (χ0v) is 11.5. The minimum Gasteiger partial charge on any atom is -0.393 e. The highest BCUT2D eigenvalue weighted by molar-refractivity contribution is 7.09. The second-order valence-electron chi connectivity index (χ2n) is 5.21. The lowest BCUT2D eigenvalue weighted by Gasteiger charge is -2.16. The summed E-state index contributed by atoms with van der Waals surface area (Å²) in [7, 11) is 1.98. The van der Waals surface area contributed by atoms with Gasteiger partial charge in [-0.1, -0.05) is 20.8 Å². The first-order chi connectivity index (χ1) is 7.30. The molecule has 0 aliphatic heterocycles. The van der Waals surface area contributed by atoms with E-state index in [9.17, 15) is 5.11 Å². The van der Waals surface area contributed by atoms with Crippen LogP contribution in [-0.4, -0.2) is 34.2 Å². The molecular formula is C11H21N3OS. The Bertz CT molecular complexity index is 330. The maximum Gasteiger partial charge on any atom is 0.204 e. The van der Waals surface area contributed by atoms with E-state index in [1.807, 2.05) is 11.9 Å². The van der Waals surface area contributed by atoms with Crippen molar-refractivity contribution >= 4 is 16.7 Å². The van der Waals surface area contributed by atoms with E-state index < -0.39 is 0 Å². The molecule has 0 saturated heterocycles. The van der Waals surface area contributed by atoms with Gasteiger partial charge in [-0.05, 0) is 13.3 Å². The van der Waals surface area contributed by atoms with Crippen LogP contribution in [0.2, 0.25) is 0 Å². The smallest absolute Gasteiger partial charge is 0.204 e. The van der Waals surface area contributed by atoms with Crippen molar-refractivity contribution in [2.45, 2.75) is 45.6 Å². The number of rotatable bonds is 4. The van der Waals surface area contributed by atoms with Gasteiger partial charge in [-0.15, -0.1) is 0 Å². The van der Waals surface area contributed by atoms with Gasteiger partial charge < -0.3 is 10.0 Å². The number of aliphatic hydroxyl groups excluding tert-OH is 1. The van der Waals surface area contributed by atoms with Crippen LogP contribution in [0.25, 0.3) is 0 Å². The molecular weight excluding hydrogens is 222 g/mol. The minimum atomic E-state index is -0.266. The normalized spacial score (nSPS) is 13.9. The van der Waals surface area contributed by atoms with E-state index in [1.165, 1.54) is 11.5 Å². The van der Waals surface area contributed by atoms with Crippen molar-refractivity contribution in [1.82, 2.24) is 9.36 Å². The highest BCUT2D eigenvalue weighted by Gasteiger charge is 2.20. The Balaban J connectivity index is 2.63. The summed E-state index contributed by atoms with van der Waals surface area (Å²) in [6.45, 7) is 8.92. The molecule has 0 aromatic carbocycles. The summed E-state index contributed by atoms with van der Waals surface area (Å²) in [5.74, 6) is 0.886. The minimum absolute atomic E-state index is 0.000139. The second kappa shape index (κ2) is 5.10. The topological polar surface area (TPSA) is 49.2 Å². The quantitative estimate of drug-likeness (QED) is 0.879. The maximum atomic E-state index is 9.22. The fourth-order valence-electron chi connectivity index (χ4n) is 1.15. The Morgan fingerprint density at radius 2 is 2.06 bits per heavy atom. The van der Waals surface area contributed by atoms with Crippen molar-refractivity contribution < 1.29 is 5.11 Å². The first-order valence-corrected chi connectivity index (χ1v) is 6.31. The molecule has 0 fully saturated rings. The lowest BCUT2D eigenvalue weighted by atomic mass is 9.96. The van der Waals surface area contributed by atoms with Crippen molar-refractivity contribution in [3.63, 3.8) is 0 Å². The van der Waals surface area contributed by atoms with Crippen molar-refractivity contribution in [1.29, 1.82) is 0 Å². The van der Waals surface area contributed by atoms with Gasteiger partial charge in [0.1, 0.15) is 5.82 Å². The molecule has 0 aliphatic rings. The largest absolute Gasteiger partial charge is 0.393 e. The number of hydrogen-bond acceptors (Lipinski definition) is 5. The molecule has 0 aliphatic carbocycles. The lowest BCUT2D eigenvalue weighted by Crippen LogP contribution is -2.22. The Labute approximate surface area is 101 Å².